The lowest BCUT2D eigenvalue weighted by molar-refractivity contribution is -0.138. The minimum Gasteiger partial charge on any atom is -0.461 e. The van der Waals surface area contributed by atoms with E-state index in [1.54, 1.807) is 36.9 Å². The fraction of sp³-hybridized carbons (Fsp3) is 0.412. The van der Waals surface area contributed by atoms with E-state index in [0.29, 0.717) is 29.4 Å². The molecule has 0 saturated carbocycles. The van der Waals surface area contributed by atoms with E-state index in [0.717, 1.165) is 17.1 Å². The van der Waals surface area contributed by atoms with Crippen molar-refractivity contribution in [2.45, 2.75) is 19.9 Å². The molecule has 2 amide bonds. The Morgan fingerprint density at radius 3 is 2.96 bits per heavy atom. The van der Waals surface area contributed by atoms with Gasteiger partial charge in [-0.2, -0.15) is 11.8 Å². The number of rotatable bonds is 6. The van der Waals surface area contributed by atoms with Gasteiger partial charge in [0.1, 0.15) is 6.61 Å². The Bertz CT molecular complexity index is 719. The van der Waals surface area contributed by atoms with Gasteiger partial charge in [0.15, 0.2) is 11.5 Å². The number of benzene rings is 1. The third kappa shape index (κ3) is 3.84. The van der Waals surface area contributed by atoms with Crippen molar-refractivity contribution in [3.63, 3.8) is 0 Å². The summed E-state index contributed by atoms with van der Waals surface area (Å²) in [5, 5.41) is 5.41. The Morgan fingerprint density at radius 1 is 1.36 bits per heavy atom. The molecular weight excluding hydrogens is 344 g/mol. The maximum atomic E-state index is 12.6. The topological polar surface area (TPSA) is 85.9 Å². The molecule has 0 saturated heterocycles. The van der Waals surface area contributed by atoms with Gasteiger partial charge in [0.2, 0.25) is 6.79 Å². The van der Waals surface area contributed by atoms with Crippen molar-refractivity contribution >= 4 is 23.8 Å². The lowest BCUT2D eigenvalue weighted by Crippen LogP contribution is -2.45. The van der Waals surface area contributed by atoms with Crippen molar-refractivity contribution in [3.8, 4) is 11.5 Å². The van der Waals surface area contributed by atoms with Crippen molar-refractivity contribution in [3.05, 3.63) is 35.0 Å². The standard InChI is InChI=1S/C17H20N2O5S/c1-3-25-7-6-22-16(20)14-10(2)18-17(21)19-15(14)11-4-5-12-13(8-11)24-9-23-12/h4-5,8,15H,3,6-7,9H2,1-2H3,(H2,18,19,21)/t15-/m1/s1. The molecule has 1 atom stereocenters. The first-order chi connectivity index (χ1) is 12.1. The third-order valence-corrected chi connectivity index (χ3v) is 4.75. The quantitative estimate of drug-likeness (QED) is 0.595. The first-order valence-corrected chi connectivity index (χ1v) is 9.18. The number of thioether (sulfide) groups is 1. The van der Waals surface area contributed by atoms with E-state index in [1.807, 2.05) is 0 Å². The van der Waals surface area contributed by atoms with Gasteiger partial charge in [-0.3, -0.25) is 0 Å². The molecule has 134 valence electrons. The van der Waals surface area contributed by atoms with E-state index < -0.39 is 12.0 Å². The first kappa shape index (κ1) is 17.5. The number of amides is 2. The molecule has 2 heterocycles. The molecule has 2 aliphatic rings. The highest BCUT2D eigenvalue weighted by Crippen LogP contribution is 2.37. The molecule has 1 aromatic carbocycles. The number of hydrogen-bond donors (Lipinski definition) is 2. The highest BCUT2D eigenvalue weighted by Gasteiger charge is 2.33. The van der Waals surface area contributed by atoms with Crippen LogP contribution < -0.4 is 20.1 Å². The summed E-state index contributed by atoms with van der Waals surface area (Å²) in [5.41, 5.74) is 1.60. The van der Waals surface area contributed by atoms with Crippen LogP contribution in [0, 0.1) is 0 Å². The summed E-state index contributed by atoms with van der Waals surface area (Å²) in [6, 6.07) is 4.37. The maximum Gasteiger partial charge on any atom is 0.338 e. The molecule has 8 heteroatoms. The van der Waals surface area contributed by atoms with Crippen LogP contribution >= 0.6 is 11.8 Å². The summed E-state index contributed by atoms with van der Waals surface area (Å²) >= 11 is 1.70. The fourth-order valence-corrected chi connectivity index (χ4v) is 3.21. The van der Waals surface area contributed by atoms with Crippen LogP contribution in [0.15, 0.2) is 29.5 Å². The van der Waals surface area contributed by atoms with Crippen LogP contribution in [0.2, 0.25) is 0 Å². The van der Waals surface area contributed by atoms with Crippen molar-refractivity contribution in [1.29, 1.82) is 0 Å². The molecule has 0 fully saturated rings. The Balaban J connectivity index is 1.83. The number of carbonyl (C=O) groups excluding carboxylic acids is 2. The van der Waals surface area contributed by atoms with Gasteiger partial charge >= 0.3 is 12.0 Å². The van der Waals surface area contributed by atoms with Crippen molar-refractivity contribution in [2.75, 3.05) is 24.9 Å². The fourth-order valence-electron chi connectivity index (χ4n) is 2.72. The second-order valence-corrected chi connectivity index (χ2v) is 6.91. The monoisotopic (exact) mass is 364 g/mol. The molecular formula is C17H20N2O5S. The Morgan fingerprint density at radius 2 is 2.16 bits per heavy atom. The highest BCUT2D eigenvalue weighted by atomic mass is 32.2. The van der Waals surface area contributed by atoms with Crippen LogP contribution in [0.1, 0.15) is 25.5 Å². The number of allylic oxidation sites excluding steroid dienone is 1. The number of nitrogens with one attached hydrogen (secondary N) is 2. The van der Waals surface area contributed by atoms with E-state index in [2.05, 4.69) is 17.6 Å². The zero-order chi connectivity index (χ0) is 17.8. The van der Waals surface area contributed by atoms with Gasteiger partial charge in [-0.1, -0.05) is 13.0 Å². The van der Waals surface area contributed by atoms with Gasteiger partial charge < -0.3 is 24.8 Å². The molecule has 2 N–H and O–H groups in total. The summed E-state index contributed by atoms with van der Waals surface area (Å²) < 4.78 is 16.1. The smallest absolute Gasteiger partial charge is 0.338 e. The summed E-state index contributed by atoms with van der Waals surface area (Å²) in [4.78, 5) is 24.4. The minimum absolute atomic E-state index is 0.163. The minimum atomic E-state index is -0.602. The predicted octanol–water partition coefficient (Wildman–Crippen LogP) is 2.34. The molecule has 3 rings (SSSR count). The second kappa shape index (κ2) is 7.69. The third-order valence-electron chi connectivity index (χ3n) is 3.88. The van der Waals surface area contributed by atoms with Crippen LogP contribution in [0.4, 0.5) is 4.79 Å². The predicted molar refractivity (Wildman–Crippen MR) is 93.6 cm³/mol. The van der Waals surface area contributed by atoms with E-state index >= 15 is 0 Å². The molecule has 0 aromatic heterocycles. The first-order valence-electron chi connectivity index (χ1n) is 8.03. The number of ether oxygens (including phenoxy) is 3. The highest BCUT2D eigenvalue weighted by molar-refractivity contribution is 7.99. The summed E-state index contributed by atoms with van der Waals surface area (Å²) in [7, 11) is 0. The average molecular weight is 364 g/mol. The van der Waals surface area contributed by atoms with Crippen LogP contribution in [0.5, 0.6) is 11.5 Å². The lowest BCUT2D eigenvalue weighted by atomic mass is 9.95. The zero-order valence-electron chi connectivity index (χ0n) is 14.1. The van der Waals surface area contributed by atoms with Gasteiger partial charge in [0.25, 0.3) is 0 Å². The molecule has 0 aliphatic carbocycles. The van der Waals surface area contributed by atoms with Gasteiger partial charge in [-0.15, -0.1) is 0 Å². The molecule has 25 heavy (non-hydrogen) atoms. The summed E-state index contributed by atoms with van der Waals surface area (Å²) in [6.45, 7) is 4.23. The van der Waals surface area contributed by atoms with Gasteiger partial charge in [-0.25, -0.2) is 9.59 Å². The second-order valence-electron chi connectivity index (χ2n) is 5.52. The SMILES string of the molecule is CCSCCOC(=O)C1=C(C)NC(=O)N[C@@H]1c1ccc2c(c1)OCO2. The van der Waals surface area contributed by atoms with Gasteiger partial charge in [-0.05, 0) is 30.4 Å². The zero-order valence-corrected chi connectivity index (χ0v) is 14.9. The van der Waals surface area contributed by atoms with E-state index in [4.69, 9.17) is 14.2 Å². The maximum absolute atomic E-state index is 12.6. The van der Waals surface area contributed by atoms with E-state index in [9.17, 15) is 9.59 Å². The van der Waals surface area contributed by atoms with E-state index in [-0.39, 0.29) is 12.8 Å². The van der Waals surface area contributed by atoms with Crippen LogP contribution in [0.25, 0.3) is 0 Å². The normalized spacial score (nSPS) is 18.6. The lowest BCUT2D eigenvalue weighted by Gasteiger charge is -2.28. The van der Waals surface area contributed by atoms with Crippen LogP contribution in [-0.2, 0) is 9.53 Å². The van der Waals surface area contributed by atoms with Crippen molar-refractivity contribution in [2.24, 2.45) is 0 Å². The van der Waals surface area contributed by atoms with Crippen LogP contribution in [0.3, 0.4) is 0 Å². The number of esters is 1. The molecule has 2 aliphatic heterocycles. The molecule has 1 aromatic rings. The van der Waals surface area contributed by atoms with Crippen molar-refractivity contribution < 1.29 is 23.8 Å². The average Bonchev–Trinajstić information content (AvgIpc) is 3.05. The van der Waals surface area contributed by atoms with E-state index in [1.165, 1.54) is 0 Å². The largest absolute Gasteiger partial charge is 0.461 e. The molecule has 0 bridgehead atoms. The number of carbonyl (C=O) groups is 2. The van der Waals surface area contributed by atoms with Gasteiger partial charge in [0, 0.05) is 11.4 Å². The molecule has 7 nitrogen and oxygen atoms in total. The van der Waals surface area contributed by atoms with Crippen LogP contribution in [-0.4, -0.2) is 36.9 Å². The Hall–Kier alpha value is -2.35. The molecule has 0 radical (unpaired) electrons. The summed E-state index contributed by atoms with van der Waals surface area (Å²) in [5.74, 6) is 2.50. The Kier molecular flexibility index (Phi) is 5.37. The van der Waals surface area contributed by atoms with Crippen molar-refractivity contribution in [1.82, 2.24) is 10.6 Å². The number of hydrogen-bond acceptors (Lipinski definition) is 6. The number of urea groups is 1. The van der Waals surface area contributed by atoms with Gasteiger partial charge in [0.05, 0.1) is 11.6 Å². The number of fused-ring (bicyclic) bond motifs is 1. The molecule has 0 unspecified atom stereocenters. The molecule has 0 spiro atoms. The Labute approximate surface area is 150 Å². The summed E-state index contributed by atoms with van der Waals surface area (Å²) in [6.07, 6.45) is 0.